The number of ether oxygens (including phenoxy) is 1. The molecule has 0 unspecified atom stereocenters. The molecule has 3 aromatic rings. The standard InChI is InChI=1S/C25H18ClN3O4S/c26-20-11-4-5-12-21(20)27-22(30)15-33-18-10-6-7-16(13-18)14-19-23(31)28-25(34)29(24(19)32)17-8-2-1-3-9-17/h1-14H,15H2,(H,27,30)(H,28,31,34)/b19-14-. The van der Waals surface area contributed by atoms with E-state index in [9.17, 15) is 14.4 Å². The second-order valence-corrected chi connectivity index (χ2v) is 7.98. The average molecular weight is 492 g/mol. The first-order valence-electron chi connectivity index (χ1n) is 10.2. The fourth-order valence-corrected chi connectivity index (χ4v) is 3.69. The lowest BCUT2D eigenvalue weighted by molar-refractivity contribution is -0.122. The predicted molar refractivity (Wildman–Crippen MR) is 135 cm³/mol. The number of hydrogen-bond donors (Lipinski definition) is 2. The van der Waals surface area contributed by atoms with Crippen molar-refractivity contribution in [3.63, 3.8) is 0 Å². The molecule has 0 spiro atoms. The third-order valence-electron chi connectivity index (χ3n) is 4.80. The minimum atomic E-state index is -0.590. The minimum Gasteiger partial charge on any atom is -0.484 e. The summed E-state index contributed by atoms with van der Waals surface area (Å²) in [6.07, 6.45) is 1.45. The van der Waals surface area contributed by atoms with Crippen LogP contribution in [0.4, 0.5) is 11.4 Å². The van der Waals surface area contributed by atoms with Crippen LogP contribution in [0.25, 0.3) is 6.08 Å². The first-order valence-corrected chi connectivity index (χ1v) is 10.9. The van der Waals surface area contributed by atoms with E-state index in [1.54, 1.807) is 72.8 Å². The second-order valence-electron chi connectivity index (χ2n) is 7.18. The number of hydrogen-bond acceptors (Lipinski definition) is 5. The molecule has 9 heteroatoms. The van der Waals surface area contributed by atoms with Crippen molar-refractivity contribution in [2.45, 2.75) is 0 Å². The molecule has 1 heterocycles. The number of carbonyl (C=O) groups is 3. The van der Waals surface area contributed by atoms with Crippen LogP contribution in [0.2, 0.25) is 5.02 Å². The number of anilines is 2. The van der Waals surface area contributed by atoms with Gasteiger partial charge in [-0.2, -0.15) is 0 Å². The van der Waals surface area contributed by atoms with Crippen molar-refractivity contribution in [1.82, 2.24) is 5.32 Å². The van der Waals surface area contributed by atoms with E-state index in [0.29, 0.717) is 27.7 Å². The third kappa shape index (κ3) is 5.31. The lowest BCUT2D eigenvalue weighted by atomic mass is 10.1. The molecule has 4 rings (SSSR count). The molecule has 1 aliphatic heterocycles. The van der Waals surface area contributed by atoms with Gasteiger partial charge < -0.3 is 10.1 Å². The quantitative estimate of drug-likeness (QED) is 0.307. The van der Waals surface area contributed by atoms with Gasteiger partial charge in [0.15, 0.2) is 11.7 Å². The van der Waals surface area contributed by atoms with E-state index >= 15 is 0 Å². The summed E-state index contributed by atoms with van der Waals surface area (Å²) in [4.78, 5) is 39.0. The number of benzene rings is 3. The van der Waals surface area contributed by atoms with Crippen LogP contribution in [0.15, 0.2) is 84.4 Å². The number of nitrogens with zero attached hydrogens (tertiary/aromatic N) is 1. The summed E-state index contributed by atoms with van der Waals surface area (Å²) < 4.78 is 5.57. The number of para-hydroxylation sites is 2. The molecular formula is C25H18ClN3O4S. The SMILES string of the molecule is O=C(COc1cccc(/C=C2/C(=O)NC(=S)N(c3ccccc3)C2=O)c1)Nc1ccccc1Cl. The first kappa shape index (κ1) is 23.2. The Kier molecular flexibility index (Phi) is 7.01. The Morgan fingerprint density at radius 2 is 1.76 bits per heavy atom. The monoisotopic (exact) mass is 491 g/mol. The fraction of sp³-hybridized carbons (Fsp3) is 0.0400. The molecular weight excluding hydrogens is 474 g/mol. The predicted octanol–water partition coefficient (Wildman–Crippen LogP) is 4.19. The van der Waals surface area contributed by atoms with Crippen LogP contribution in [0, 0.1) is 0 Å². The van der Waals surface area contributed by atoms with E-state index in [-0.39, 0.29) is 23.2 Å². The third-order valence-corrected chi connectivity index (χ3v) is 5.42. The van der Waals surface area contributed by atoms with Crippen LogP contribution >= 0.6 is 23.8 Å². The molecule has 34 heavy (non-hydrogen) atoms. The number of rotatable bonds is 6. The zero-order valence-corrected chi connectivity index (χ0v) is 19.2. The van der Waals surface area contributed by atoms with Gasteiger partial charge in [0, 0.05) is 0 Å². The molecule has 2 N–H and O–H groups in total. The van der Waals surface area contributed by atoms with Crippen LogP contribution in [-0.4, -0.2) is 29.4 Å². The summed E-state index contributed by atoms with van der Waals surface area (Å²) in [6.45, 7) is -0.249. The Labute approximate surface area is 206 Å². The van der Waals surface area contributed by atoms with E-state index < -0.39 is 11.8 Å². The van der Waals surface area contributed by atoms with Crippen molar-refractivity contribution in [3.8, 4) is 5.75 Å². The van der Waals surface area contributed by atoms with Crippen LogP contribution in [-0.2, 0) is 14.4 Å². The van der Waals surface area contributed by atoms with Crippen molar-refractivity contribution >= 4 is 64.1 Å². The molecule has 3 aromatic carbocycles. The van der Waals surface area contributed by atoms with E-state index in [4.69, 9.17) is 28.6 Å². The molecule has 0 bridgehead atoms. The van der Waals surface area contributed by atoms with Crippen molar-refractivity contribution in [2.24, 2.45) is 0 Å². The maximum atomic E-state index is 13.1. The lowest BCUT2D eigenvalue weighted by Crippen LogP contribution is -2.54. The number of thiocarbonyl (C=S) groups is 1. The minimum absolute atomic E-state index is 0.0139. The molecule has 7 nitrogen and oxygen atoms in total. The van der Waals surface area contributed by atoms with Gasteiger partial charge in [0.05, 0.1) is 16.4 Å². The summed E-state index contributed by atoms with van der Waals surface area (Å²) in [5, 5.41) is 5.65. The van der Waals surface area contributed by atoms with Gasteiger partial charge in [-0.15, -0.1) is 0 Å². The largest absolute Gasteiger partial charge is 0.484 e. The van der Waals surface area contributed by atoms with Gasteiger partial charge in [-0.3, -0.25) is 24.6 Å². The van der Waals surface area contributed by atoms with E-state index in [2.05, 4.69) is 10.6 Å². The number of carbonyl (C=O) groups excluding carboxylic acids is 3. The number of nitrogens with one attached hydrogen (secondary N) is 2. The molecule has 170 valence electrons. The summed E-state index contributed by atoms with van der Waals surface area (Å²) in [5.74, 6) is -1.12. The smallest absolute Gasteiger partial charge is 0.270 e. The zero-order chi connectivity index (χ0) is 24.1. The molecule has 0 aromatic heterocycles. The van der Waals surface area contributed by atoms with Gasteiger partial charge in [0.1, 0.15) is 11.3 Å². The second kappa shape index (κ2) is 10.3. The summed E-state index contributed by atoms with van der Waals surface area (Å²) >= 11 is 11.2. The molecule has 0 radical (unpaired) electrons. The van der Waals surface area contributed by atoms with Gasteiger partial charge in [0.25, 0.3) is 17.7 Å². The molecule has 0 atom stereocenters. The molecule has 0 aliphatic carbocycles. The van der Waals surface area contributed by atoms with Crippen LogP contribution in [0.5, 0.6) is 5.75 Å². The lowest BCUT2D eigenvalue weighted by Gasteiger charge is -2.28. The Bertz CT molecular complexity index is 1310. The summed E-state index contributed by atoms with van der Waals surface area (Å²) in [7, 11) is 0. The first-order chi connectivity index (χ1) is 16.4. The van der Waals surface area contributed by atoms with Crippen LogP contribution in [0.3, 0.4) is 0 Å². The topological polar surface area (TPSA) is 87.7 Å². The van der Waals surface area contributed by atoms with Crippen molar-refractivity contribution in [1.29, 1.82) is 0 Å². The van der Waals surface area contributed by atoms with Crippen molar-refractivity contribution in [3.05, 3.63) is 95.0 Å². The highest BCUT2D eigenvalue weighted by atomic mass is 35.5. The van der Waals surface area contributed by atoms with Gasteiger partial charge in [-0.05, 0) is 60.3 Å². The number of halogens is 1. The molecule has 1 fully saturated rings. The molecule has 3 amide bonds. The average Bonchev–Trinajstić information content (AvgIpc) is 2.83. The highest BCUT2D eigenvalue weighted by Gasteiger charge is 2.34. The van der Waals surface area contributed by atoms with E-state index in [1.165, 1.54) is 11.0 Å². The normalized spacial score (nSPS) is 14.7. The Balaban J connectivity index is 1.48. The van der Waals surface area contributed by atoms with Crippen LogP contribution < -0.4 is 20.3 Å². The van der Waals surface area contributed by atoms with Crippen LogP contribution in [0.1, 0.15) is 5.56 Å². The maximum Gasteiger partial charge on any atom is 0.270 e. The highest BCUT2D eigenvalue weighted by Crippen LogP contribution is 2.23. The van der Waals surface area contributed by atoms with Gasteiger partial charge >= 0.3 is 0 Å². The fourth-order valence-electron chi connectivity index (χ4n) is 3.23. The Hall–Kier alpha value is -4.01. The van der Waals surface area contributed by atoms with E-state index in [0.717, 1.165) is 0 Å². The maximum absolute atomic E-state index is 13.1. The van der Waals surface area contributed by atoms with Gasteiger partial charge in [-0.1, -0.05) is 54.1 Å². The summed E-state index contributed by atoms with van der Waals surface area (Å²) in [5.41, 5.74) is 1.50. The summed E-state index contributed by atoms with van der Waals surface area (Å²) in [6, 6.07) is 22.4. The highest BCUT2D eigenvalue weighted by molar-refractivity contribution is 7.80. The van der Waals surface area contributed by atoms with E-state index in [1.807, 2.05) is 6.07 Å². The molecule has 0 saturated carbocycles. The zero-order valence-electron chi connectivity index (χ0n) is 17.7. The van der Waals surface area contributed by atoms with Crippen molar-refractivity contribution in [2.75, 3.05) is 16.8 Å². The number of amides is 3. The molecule has 1 saturated heterocycles. The Morgan fingerprint density at radius 1 is 1.03 bits per heavy atom. The van der Waals surface area contributed by atoms with Gasteiger partial charge in [-0.25, -0.2) is 0 Å². The Morgan fingerprint density at radius 3 is 2.53 bits per heavy atom. The van der Waals surface area contributed by atoms with Crippen molar-refractivity contribution < 1.29 is 19.1 Å². The van der Waals surface area contributed by atoms with Gasteiger partial charge in [0.2, 0.25) is 0 Å². The molecule has 1 aliphatic rings.